The van der Waals surface area contributed by atoms with Crippen LogP contribution in [0, 0.1) is 0 Å². The van der Waals surface area contributed by atoms with E-state index in [1.54, 1.807) is 11.3 Å². The molecule has 3 rings (SSSR count). The highest BCUT2D eigenvalue weighted by Gasteiger charge is 2.34. The number of fused-ring (bicyclic) bond motifs is 2. The summed E-state index contributed by atoms with van der Waals surface area (Å²) in [6, 6.07) is 3.49. The number of carbonyl (C=O) groups is 1. The Hall–Kier alpha value is -0.870. The van der Waals surface area contributed by atoms with Crippen molar-refractivity contribution in [2.45, 2.75) is 31.3 Å². The molecule has 0 N–H and O–H groups in total. The molecule has 3 heterocycles. The first-order valence-corrected chi connectivity index (χ1v) is 7.16. The second-order valence-corrected chi connectivity index (χ2v) is 6.05. The van der Waals surface area contributed by atoms with Gasteiger partial charge in [0.1, 0.15) is 0 Å². The van der Waals surface area contributed by atoms with E-state index >= 15 is 0 Å². The number of anilines is 1. The number of aldehydes is 1. The smallest absolute Gasteiger partial charge is 0.160 e. The molecule has 1 aromatic rings. The van der Waals surface area contributed by atoms with Gasteiger partial charge in [-0.25, -0.2) is 0 Å². The summed E-state index contributed by atoms with van der Waals surface area (Å²) in [5.74, 6) is 0. The van der Waals surface area contributed by atoms with Crippen molar-refractivity contribution in [1.29, 1.82) is 0 Å². The van der Waals surface area contributed by atoms with Crippen LogP contribution >= 0.6 is 11.3 Å². The second-order valence-electron chi connectivity index (χ2n) is 5.11. The average molecular weight is 250 g/mol. The van der Waals surface area contributed by atoms with Gasteiger partial charge in [0.2, 0.25) is 0 Å². The van der Waals surface area contributed by atoms with E-state index in [9.17, 15) is 4.79 Å². The van der Waals surface area contributed by atoms with Gasteiger partial charge in [-0.15, -0.1) is 11.3 Å². The van der Waals surface area contributed by atoms with Gasteiger partial charge in [-0.05, 0) is 32.4 Å². The molecular weight excluding hydrogens is 232 g/mol. The van der Waals surface area contributed by atoms with Crippen molar-refractivity contribution in [1.82, 2.24) is 4.90 Å². The minimum absolute atomic E-state index is 0.696. The minimum Gasteiger partial charge on any atom is -0.369 e. The lowest BCUT2D eigenvalue weighted by Gasteiger charge is -2.26. The van der Waals surface area contributed by atoms with E-state index in [2.05, 4.69) is 22.2 Å². The van der Waals surface area contributed by atoms with E-state index in [1.807, 2.05) is 6.07 Å². The first-order chi connectivity index (χ1) is 8.28. The van der Waals surface area contributed by atoms with Crippen LogP contribution in [0.3, 0.4) is 0 Å². The summed E-state index contributed by atoms with van der Waals surface area (Å²) in [5.41, 5.74) is 1.23. The van der Waals surface area contributed by atoms with Crippen LogP contribution < -0.4 is 4.90 Å². The molecule has 4 heteroatoms. The van der Waals surface area contributed by atoms with E-state index in [1.165, 1.54) is 24.9 Å². The lowest BCUT2D eigenvalue weighted by atomic mass is 10.1. The number of rotatable bonds is 2. The molecule has 0 spiro atoms. The van der Waals surface area contributed by atoms with Gasteiger partial charge in [0.05, 0.1) is 4.88 Å². The third kappa shape index (κ3) is 2.00. The summed E-state index contributed by atoms with van der Waals surface area (Å²) in [4.78, 5) is 16.6. The summed E-state index contributed by atoms with van der Waals surface area (Å²) >= 11 is 1.55. The zero-order valence-corrected chi connectivity index (χ0v) is 10.9. The van der Waals surface area contributed by atoms with E-state index < -0.39 is 0 Å². The highest BCUT2D eigenvalue weighted by atomic mass is 32.1. The number of carbonyl (C=O) groups excluding carboxylic acids is 1. The molecule has 0 aliphatic carbocycles. The molecule has 0 amide bonds. The monoisotopic (exact) mass is 250 g/mol. The van der Waals surface area contributed by atoms with E-state index in [0.29, 0.717) is 6.04 Å². The second kappa shape index (κ2) is 4.42. The van der Waals surface area contributed by atoms with Crippen LogP contribution in [-0.4, -0.2) is 43.4 Å². The predicted octanol–water partition coefficient (Wildman–Crippen LogP) is 2.23. The summed E-state index contributed by atoms with van der Waals surface area (Å²) in [6.45, 7) is 2.24. The number of hydrogen-bond acceptors (Lipinski definition) is 4. The Bertz CT molecular complexity index is 417. The number of nitrogens with zero attached hydrogens (tertiary/aromatic N) is 2. The summed E-state index contributed by atoms with van der Waals surface area (Å²) in [7, 11) is 2.26. The Labute approximate surface area is 106 Å². The third-order valence-electron chi connectivity index (χ3n) is 4.24. The highest BCUT2D eigenvalue weighted by molar-refractivity contribution is 7.12. The molecule has 2 bridgehead atoms. The van der Waals surface area contributed by atoms with Gasteiger partial charge >= 0.3 is 0 Å². The molecule has 2 atom stereocenters. The number of hydrogen-bond donors (Lipinski definition) is 0. The van der Waals surface area contributed by atoms with Crippen molar-refractivity contribution in [2.75, 3.05) is 25.0 Å². The quantitative estimate of drug-likeness (QED) is 0.752. The van der Waals surface area contributed by atoms with Crippen LogP contribution in [0.15, 0.2) is 11.4 Å². The lowest BCUT2D eigenvalue weighted by molar-refractivity contribution is 0.112. The van der Waals surface area contributed by atoms with Gasteiger partial charge in [0, 0.05) is 36.2 Å². The maximum atomic E-state index is 10.7. The maximum absolute atomic E-state index is 10.7. The van der Waals surface area contributed by atoms with E-state index in [0.717, 1.165) is 30.3 Å². The van der Waals surface area contributed by atoms with Crippen molar-refractivity contribution in [2.24, 2.45) is 0 Å². The summed E-state index contributed by atoms with van der Waals surface area (Å²) < 4.78 is 0. The van der Waals surface area contributed by atoms with Gasteiger partial charge in [0.15, 0.2) is 6.29 Å². The van der Waals surface area contributed by atoms with Crippen molar-refractivity contribution in [3.63, 3.8) is 0 Å². The highest BCUT2D eigenvalue weighted by Crippen LogP contribution is 2.32. The minimum atomic E-state index is 0.696. The zero-order valence-electron chi connectivity index (χ0n) is 10.1. The Morgan fingerprint density at radius 1 is 1.35 bits per heavy atom. The van der Waals surface area contributed by atoms with Gasteiger partial charge in [0.25, 0.3) is 0 Å². The Kier molecular flexibility index (Phi) is 2.92. The fourth-order valence-electron chi connectivity index (χ4n) is 3.11. The molecule has 2 aliphatic rings. The average Bonchev–Trinajstić information content (AvgIpc) is 2.86. The van der Waals surface area contributed by atoms with Gasteiger partial charge in [-0.3, -0.25) is 9.69 Å². The van der Waals surface area contributed by atoms with Gasteiger partial charge in [-0.2, -0.15) is 0 Å². The largest absolute Gasteiger partial charge is 0.369 e. The normalized spacial score (nSPS) is 29.4. The zero-order chi connectivity index (χ0) is 11.8. The van der Waals surface area contributed by atoms with Crippen LogP contribution in [-0.2, 0) is 0 Å². The summed E-state index contributed by atoms with van der Waals surface area (Å²) in [6.07, 6.45) is 4.88. The van der Waals surface area contributed by atoms with Crippen LogP contribution in [0.1, 0.15) is 28.9 Å². The standard InChI is InChI=1S/C13H18N2OS/c1-14-10-2-3-11(14)7-15(5-4-10)12-6-13(8-16)17-9-12/h6,8-11H,2-5,7H2,1H3. The molecule has 17 heavy (non-hydrogen) atoms. The van der Waals surface area contributed by atoms with Crippen LogP contribution in [0.5, 0.6) is 0 Å². The van der Waals surface area contributed by atoms with E-state index in [-0.39, 0.29) is 0 Å². The first kappa shape index (κ1) is 11.2. The fraction of sp³-hybridized carbons (Fsp3) is 0.615. The molecule has 1 aromatic heterocycles. The molecule has 2 saturated heterocycles. The van der Waals surface area contributed by atoms with Gasteiger partial charge < -0.3 is 4.90 Å². The molecule has 3 nitrogen and oxygen atoms in total. The Balaban J connectivity index is 1.78. The van der Waals surface area contributed by atoms with Crippen molar-refractivity contribution in [3.8, 4) is 0 Å². The van der Waals surface area contributed by atoms with Crippen molar-refractivity contribution < 1.29 is 4.79 Å². The third-order valence-corrected chi connectivity index (χ3v) is 5.08. The fourth-order valence-corrected chi connectivity index (χ4v) is 3.83. The molecule has 2 aliphatic heterocycles. The number of likely N-dealkylation sites (N-methyl/N-ethyl adjacent to an activating group) is 1. The van der Waals surface area contributed by atoms with E-state index in [4.69, 9.17) is 0 Å². The SMILES string of the molecule is CN1C2CCC1CN(c1csc(C=O)c1)CC2. The molecule has 2 fully saturated rings. The Morgan fingerprint density at radius 2 is 2.18 bits per heavy atom. The van der Waals surface area contributed by atoms with Crippen molar-refractivity contribution in [3.05, 3.63) is 16.3 Å². The van der Waals surface area contributed by atoms with Crippen molar-refractivity contribution >= 4 is 23.3 Å². The Morgan fingerprint density at radius 3 is 2.94 bits per heavy atom. The van der Waals surface area contributed by atoms with Crippen LogP contribution in [0.2, 0.25) is 0 Å². The maximum Gasteiger partial charge on any atom is 0.160 e. The lowest BCUT2D eigenvalue weighted by Crippen LogP contribution is -2.36. The van der Waals surface area contributed by atoms with Gasteiger partial charge in [-0.1, -0.05) is 0 Å². The van der Waals surface area contributed by atoms with Crippen LogP contribution in [0.25, 0.3) is 0 Å². The van der Waals surface area contributed by atoms with Crippen LogP contribution in [0.4, 0.5) is 5.69 Å². The molecule has 2 unspecified atom stereocenters. The topological polar surface area (TPSA) is 23.6 Å². The molecule has 0 saturated carbocycles. The molecule has 92 valence electrons. The molecule has 0 radical (unpaired) electrons. The molecular formula is C13H18N2OS. The predicted molar refractivity (Wildman–Crippen MR) is 71.1 cm³/mol. The number of thiophene rings is 1. The summed E-state index contributed by atoms with van der Waals surface area (Å²) in [5, 5.41) is 2.11. The molecule has 0 aromatic carbocycles. The first-order valence-electron chi connectivity index (χ1n) is 6.28.